The highest BCUT2D eigenvalue weighted by Crippen LogP contribution is 2.25. The number of aliphatic hydroxyl groups is 1. The Morgan fingerprint density at radius 1 is 1.56 bits per heavy atom. The highest BCUT2D eigenvalue weighted by molar-refractivity contribution is 7.98. The summed E-state index contributed by atoms with van der Waals surface area (Å²) >= 11 is 1.61. The first-order valence-corrected chi connectivity index (χ1v) is 7.27. The average molecular weight is 266 g/mol. The second-order valence-corrected chi connectivity index (χ2v) is 5.26. The van der Waals surface area contributed by atoms with Crippen LogP contribution in [-0.2, 0) is 0 Å². The predicted molar refractivity (Wildman–Crippen MR) is 74.0 cm³/mol. The van der Waals surface area contributed by atoms with Crippen LogP contribution < -0.4 is 5.32 Å². The van der Waals surface area contributed by atoms with E-state index in [-0.39, 0.29) is 18.6 Å². The van der Waals surface area contributed by atoms with Gasteiger partial charge in [0.25, 0.3) is 0 Å². The molecule has 1 aliphatic heterocycles. The fourth-order valence-electron chi connectivity index (χ4n) is 2.11. The number of thioether (sulfide) groups is 1. The van der Waals surface area contributed by atoms with Crippen LogP contribution in [0.2, 0.25) is 0 Å². The van der Waals surface area contributed by atoms with Gasteiger partial charge in [-0.1, -0.05) is 12.1 Å². The van der Waals surface area contributed by atoms with Gasteiger partial charge in [0.2, 0.25) is 0 Å². The standard InChI is InChI=1S/C13H18N2O2S/c1-18-12-5-3-2-4-11(12)14-13(17)15-7-6-10(8-15)9-16/h2-5,10,16H,6-9H2,1H3,(H,14,17). The predicted octanol–water partition coefficient (Wildman–Crippen LogP) is 2.25. The van der Waals surface area contributed by atoms with Gasteiger partial charge in [0.1, 0.15) is 0 Å². The number of hydrogen-bond acceptors (Lipinski definition) is 3. The summed E-state index contributed by atoms with van der Waals surface area (Å²) in [6.07, 6.45) is 2.87. The number of urea groups is 1. The van der Waals surface area contributed by atoms with Crippen molar-refractivity contribution in [2.24, 2.45) is 5.92 Å². The quantitative estimate of drug-likeness (QED) is 0.825. The van der Waals surface area contributed by atoms with Crippen LogP contribution in [0.3, 0.4) is 0 Å². The summed E-state index contributed by atoms with van der Waals surface area (Å²) in [6.45, 7) is 1.52. The van der Waals surface area contributed by atoms with Crippen LogP contribution in [0.15, 0.2) is 29.2 Å². The molecule has 0 aromatic heterocycles. The molecule has 1 unspecified atom stereocenters. The number of carbonyl (C=O) groups is 1. The summed E-state index contributed by atoms with van der Waals surface area (Å²) in [6, 6.07) is 7.69. The Hall–Kier alpha value is -1.20. The van der Waals surface area contributed by atoms with Gasteiger partial charge >= 0.3 is 6.03 Å². The molecule has 0 bridgehead atoms. The van der Waals surface area contributed by atoms with E-state index in [2.05, 4.69) is 5.32 Å². The van der Waals surface area contributed by atoms with Crippen molar-refractivity contribution in [1.82, 2.24) is 4.90 Å². The molecule has 0 spiro atoms. The minimum absolute atomic E-state index is 0.0764. The first-order chi connectivity index (χ1) is 8.74. The number of nitrogens with one attached hydrogen (secondary N) is 1. The molecule has 5 heteroatoms. The Morgan fingerprint density at radius 3 is 3.00 bits per heavy atom. The minimum Gasteiger partial charge on any atom is -0.396 e. The molecule has 1 aromatic carbocycles. The Labute approximate surface area is 111 Å². The maximum absolute atomic E-state index is 12.1. The normalized spacial score (nSPS) is 19.0. The molecule has 18 heavy (non-hydrogen) atoms. The Balaban J connectivity index is 1.99. The van der Waals surface area contributed by atoms with Crippen LogP contribution >= 0.6 is 11.8 Å². The summed E-state index contributed by atoms with van der Waals surface area (Å²) in [5.41, 5.74) is 0.849. The van der Waals surface area contributed by atoms with Crippen molar-refractivity contribution < 1.29 is 9.90 Å². The van der Waals surface area contributed by atoms with Crippen LogP contribution in [-0.4, -0.2) is 42.0 Å². The highest BCUT2D eigenvalue weighted by atomic mass is 32.2. The van der Waals surface area contributed by atoms with Crippen LogP contribution in [0.4, 0.5) is 10.5 Å². The average Bonchev–Trinajstić information content (AvgIpc) is 2.88. The van der Waals surface area contributed by atoms with E-state index in [0.29, 0.717) is 6.54 Å². The monoisotopic (exact) mass is 266 g/mol. The van der Waals surface area contributed by atoms with E-state index < -0.39 is 0 Å². The molecule has 2 amide bonds. The molecule has 1 aromatic rings. The van der Waals surface area contributed by atoms with Crippen molar-refractivity contribution >= 4 is 23.5 Å². The number of likely N-dealkylation sites (tertiary alicyclic amines) is 1. The third kappa shape index (κ3) is 2.97. The molecule has 1 fully saturated rings. The molecule has 4 nitrogen and oxygen atoms in total. The Morgan fingerprint density at radius 2 is 2.33 bits per heavy atom. The van der Waals surface area contributed by atoms with Gasteiger partial charge in [-0.05, 0) is 24.8 Å². The van der Waals surface area contributed by atoms with Crippen LogP contribution in [0.5, 0.6) is 0 Å². The zero-order chi connectivity index (χ0) is 13.0. The van der Waals surface area contributed by atoms with Crippen LogP contribution in [0, 0.1) is 5.92 Å². The largest absolute Gasteiger partial charge is 0.396 e. The third-order valence-corrected chi connectivity index (χ3v) is 3.98. The molecule has 2 N–H and O–H groups in total. The van der Waals surface area contributed by atoms with E-state index in [1.54, 1.807) is 16.7 Å². The zero-order valence-corrected chi connectivity index (χ0v) is 11.2. The Kier molecular flexibility index (Phi) is 4.49. The van der Waals surface area contributed by atoms with Gasteiger partial charge in [0.05, 0.1) is 5.69 Å². The number of hydrogen-bond donors (Lipinski definition) is 2. The van der Waals surface area contributed by atoms with Crippen molar-refractivity contribution in [1.29, 1.82) is 0 Å². The number of anilines is 1. The SMILES string of the molecule is CSc1ccccc1NC(=O)N1CCC(CO)C1. The van der Waals surface area contributed by atoms with Crippen molar-refractivity contribution in [3.05, 3.63) is 24.3 Å². The van der Waals surface area contributed by atoms with E-state index in [1.807, 2.05) is 30.5 Å². The summed E-state index contributed by atoms with van der Waals surface area (Å²) in [7, 11) is 0. The molecule has 0 aliphatic carbocycles. The molecule has 1 atom stereocenters. The molecule has 1 aliphatic rings. The van der Waals surface area contributed by atoms with Gasteiger partial charge in [-0.3, -0.25) is 0 Å². The Bertz CT molecular complexity index is 425. The van der Waals surface area contributed by atoms with Crippen molar-refractivity contribution in [2.75, 3.05) is 31.3 Å². The van der Waals surface area contributed by atoms with E-state index in [1.165, 1.54) is 0 Å². The number of aliphatic hydroxyl groups excluding tert-OH is 1. The maximum Gasteiger partial charge on any atom is 0.321 e. The van der Waals surface area contributed by atoms with Crippen molar-refractivity contribution in [3.8, 4) is 0 Å². The van der Waals surface area contributed by atoms with Crippen molar-refractivity contribution in [2.45, 2.75) is 11.3 Å². The lowest BCUT2D eigenvalue weighted by atomic mass is 10.1. The van der Waals surface area contributed by atoms with Gasteiger partial charge in [0, 0.05) is 30.5 Å². The second kappa shape index (κ2) is 6.11. The number of para-hydroxylation sites is 1. The topological polar surface area (TPSA) is 52.6 Å². The third-order valence-electron chi connectivity index (χ3n) is 3.18. The summed E-state index contributed by atoms with van der Waals surface area (Å²) in [5.74, 6) is 0.228. The molecule has 0 saturated carbocycles. The number of rotatable bonds is 3. The lowest BCUT2D eigenvalue weighted by molar-refractivity contribution is 0.208. The molecule has 1 saturated heterocycles. The van der Waals surface area contributed by atoms with E-state index in [4.69, 9.17) is 5.11 Å². The molecular weight excluding hydrogens is 248 g/mol. The number of carbonyl (C=O) groups excluding carboxylic acids is 1. The lowest BCUT2D eigenvalue weighted by Crippen LogP contribution is -2.33. The van der Waals surface area contributed by atoms with Crippen LogP contribution in [0.1, 0.15) is 6.42 Å². The van der Waals surface area contributed by atoms with E-state index in [9.17, 15) is 4.79 Å². The summed E-state index contributed by atoms with van der Waals surface area (Å²) < 4.78 is 0. The lowest BCUT2D eigenvalue weighted by Gasteiger charge is -2.18. The molecule has 1 heterocycles. The summed E-state index contributed by atoms with van der Waals surface area (Å²) in [4.78, 5) is 14.9. The summed E-state index contributed by atoms with van der Waals surface area (Å²) in [5, 5.41) is 12.0. The highest BCUT2D eigenvalue weighted by Gasteiger charge is 2.25. The molecule has 2 rings (SSSR count). The molecule has 0 radical (unpaired) electrons. The first-order valence-electron chi connectivity index (χ1n) is 6.04. The zero-order valence-electron chi connectivity index (χ0n) is 10.4. The van der Waals surface area contributed by atoms with Gasteiger partial charge in [0.15, 0.2) is 0 Å². The van der Waals surface area contributed by atoms with Gasteiger partial charge in [-0.2, -0.15) is 0 Å². The maximum atomic E-state index is 12.1. The smallest absolute Gasteiger partial charge is 0.321 e. The van der Waals surface area contributed by atoms with Gasteiger partial charge < -0.3 is 15.3 Å². The minimum atomic E-state index is -0.0764. The van der Waals surface area contributed by atoms with Gasteiger partial charge in [-0.25, -0.2) is 4.79 Å². The van der Waals surface area contributed by atoms with E-state index >= 15 is 0 Å². The van der Waals surface area contributed by atoms with Crippen LogP contribution in [0.25, 0.3) is 0 Å². The second-order valence-electron chi connectivity index (χ2n) is 4.41. The number of amides is 2. The fraction of sp³-hybridized carbons (Fsp3) is 0.462. The van der Waals surface area contributed by atoms with E-state index in [0.717, 1.165) is 23.5 Å². The molecular formula is C13H18N2O2S. The van der Waals surface area contributed by atoms with Gasteiger partial charge in [-0.15, -0.1) is 11.8 Å². The fourth-order valence-corrected chi connectivity index (χ4v) is 2.66. The number of nitrogens with zero attached hydrogens (tertiary/aromatic N) is 1. The number of benzene rings is 1. The first kappa shape index (κ1) is 13.2. The molecule has 98 valence electrons. The van der Waals surface area contributed by atoms with Crippen molar-refractivity contribution in [3.63, 3.8) is 0 Å².